The van der Waals surface area contributed by atoms with Crippen LogP contribution in [0.1, 0.15) is 26.3 Å². The third-order valence-electron chi connectivity index (χ3n) is 5.14. The molecule has 5 nitrogen and oxygen atoms in total. The van der Waals surface area contributed by atoms with E-state index in [0.717, 1.165) is 11.3 Å². The SMILES string of the molecule is COc1ccc(CN2CC3CN(C(=O)OC(C)(C)C)CC(C2)C3(F)F)cc1. The molecule has 1 aromatic rings. The number of fused-ring (bicyclic) bond motifs is 2. The number of alkyl halides is 2. The molecule has 0 saturated carbocycles. The molecule has 0 aromatic heterocycles. The van der Waals surface area contributed by atoms with Crippen molar-refractivity contribution in [2.75, 3.05) is 33.3 Å². The number of nitrogens with zero attached hydrogens (tertiary/aromatic N) is 2. The Bertz CT molecular complexity index is 655. The van der Waals surface area contributed by atoms with Crippen molar-refractivity contribution in [2.45, 2.75) is 38.8 Å². The lowest BCUT2D eigenvalue weighted by Crippen LogP contribution is -2.64. The van der Waals surface area contributed by atoms with Gasteiger partial charge < -0.3 is 14.4 Å². The number of piperidine rings is 2. The summed E-state index contributed by atoms with van der Waals surface area (Å²) in [6.07, 6.45) is -0.503. The summed E-state index contributed by atoms with van der Waals surface area (Å²) in [6.45, 7) is 6.51. The van der Waals surface area contributed by atoms with Crippen molar-refractivity contribution < 1.29 is 23.0 Å². The zero-order chi connectivity index (χ0) is 19.8. The fraction of sp³-hybridized carbons (Fsp3) is 0.650. The summed E-state index contributed by atoms with van der Waals surface area (Å²) in [7, 11) is 1.61. The predicted molar refractivity (Wildman–Crippen MR) is 98.0 cm³/mol. The van der Waals surface area contributed by atoms with Crippen molar-refractivity contribution in [3.63, 3.8) is 0 Å². The maximum atomic E-state index is 14.7. The largest absolute Gasteiger partial charge is 0.497 e. The molecule has 2 aliphatic rings. The highest BCUT2D eigenvalue weighted by Crippen LogP contribution is 2.42. The highest BCUT2D eigenvalue weighted by atomic mass is 19.3. The molecule has 1 amide bonds. The second-order valence-electron chi connectivity index (χ2n) is 8.50. The first-order valence-electron chi connectivity index (χ1n) is 9.29. The van der Waals surface area contributed by atoms with Crippen LogP contribution in [0.2, 0.25) is 0 Å². The molecule has 27 heavy (non-hydrogen) atoms. The van der Waals surface area contributed by atoms with Crippen LogP contribution < -0.4 is 4.74 Å². The Morgan fingerprint density at radius 2 is 1.67 bits per heavy atom. The van der Waals surface area contributed by atoms with Crippen LogP contribution in [-0.4, -0.2) is 60.7 Å². The van der Waals surface area contributed by atoms with Crippen molar-refractivity contribution in [2.24, 2.45) is 11.8 Å². The number of carbonyl (C=O) groups is 1. The van der Waals surface area contributed by atoms with Gasteiger partial charge in [-0.05, 0) is 38.5 Å². The monoisotopic (exact) mass is 382 g/mol. The minimum atomic E-state index is -2.76. The Morgan fingerprint density at radius 1 is 1.11 bits per heavy atom. The third kappa shape index (κ3) is 4.51. The fourth-order valence-electron chi connectivity index (χ4n) is 3.83. The van der Waals surface area contributed by atoms with Gasteiger partial charge in [-0.25, -0.2) is 13.6 Å². The van der Waals surface area contributed by atoms with Gasteiger partial charge in [0.1, 0.15) is 11.4 Å². The molecule has 2 bridgehead atoms. The molecule has 2 saturated heterocycles. The number of likely N-dealkylation sites (tertiary alicyclic amines) is 2. The van der Waals surface area contributed by atoms with Gasteiger partial charge in [-0.3, -0.25) is 4.90 Å². The van der Waals surface area contributed by atoms with Gasteiger partial charge in [0.25, 0.3) is 5.92 Å². The van der Waals surface area contributed by atoms with Gasteiger partial charge in [-0.1, -0.05) is 12.1 Å². The first-order chi connectivity index (χ1) is 12.6. The average molecular weight is 382 g/mol. The topological polar surface area (TPSA) is 42.0 Å². The summed E-state index contributed by atoms with van der Waals surface area (Å²) in [5.41, 5.74) is 0.426. The summed E-state index contributed by atoms with van der Waals surface area (Å²) in [4.78, 5) is 15.8. The highest BCUT2D eigenvalue weighted by Gasteiger charge is 2.56. The molecule has 1 aromatic carbocycles. The van der Waals surface area contributed by atoms with Crippen molar-refractivity contribution in [3.8, 4) is 5.75 Å². The van der Waals surface area contributed by atoms with Crippen molar-refractivity contribution in [3.05, 3.63) is 29.8 Å². The van der Waals surface area contributed by atoms with E-state index in [2.05, 4.69) is 4.90 Å². The molecule has 2 heterocycles. The summed E-state index contributed by atoms with van der Waals surface area (Å²) in [5, 5.41) is 0. The molecule has 3 rings (SSSR count). The lowest BCUT2D eigenvalue weighted by Gasteiger charge is -2.50. The number of hydrogen-bond acceptors (Lipinski definition) is 4. The second-order valence-corrected chi connectivity index (χ2v) is 8.50. The van der Waals surface area contributed by atoms with E-state index in [1.165, 1.54) is 4.90 Å². The van der Waals surface area contributed by atoms with Gasteiger partial charge in [-0.15, -0.1) is 0 Å². The molecule has 150 valence electrons. The molecule has 0 spiro atoms. The molecule has 0 radical (unpaired) electrons. The van der Waals surface area contributed by atoms with E-state index in [9.17, 15) is 13.6 Å². The Morgan fingerprint density at radius 3 is 2.15 bits per heavy atom. The lowest BCUT2D eigenvalue weighted by molar-refractivity contribution is -0.185. The van der Waals surface area contributed by atoms with E-state index < -0.39 is 29.5 Å². The van der Waals surface area contributed by atoms with Gasteiger partial charge in [0.15, 0.2) is 0 Å². The molecule has 2 aliphatic heterocycles. The Hall–Kier alpha value is -1.89. The molecular weight excluding hydrogens is 354 g/mol. The second kappa shape index (κ2) is 7.26. The predicted octanol–water partition coefficient (Wildman–Crippen LogP) is 3.63. The van der Waals surface area contributed by atoms with Crippen molar-refractivity contribution >= 4 is 6.09 Å². The van der Waals surface area contributed by atoms with Crippen LogP contribution in [0.5, 0.6) is 5.75 Å². The van der Waals surface area contributed by atoms with E-state index >= 15 is 0 Å². The normalized spacial score (nSPS) is 25.2. The van der Waals surface area contributed by atoms with Gasteiger partial charge in [0.05, 0.1) is 18.9 Å². The molecule has 0 aliphatic carbocycles. The average Bonchev–Trinajstić information content (AvgIpc) is 2.54. The molecule has 2 unspecified atom stereocenters. The Labute approximate surface area is 159 Å². The summed E-state index contributed by atoms with van der Waals surface area (Å²) in [6, 6.07) is 7.65. The van der Waals surface area contributed by atoms with E-state index in [4.69, 9.17) is 9.47 Å². The quantitative estimate of drug-likeness (QED) is 0.801. The number of hydrogen-bond donors (Lipinski definition) is 0. The molecule has 2 atom stereocenters. The lowest BCUT2D eigenvalue weighted by atomic mass is 9.80. The molecule has 0 N–H and O–H groups in total. The smallest absolute Gasteiger partial charge is 0.410 e. The van der Waals surface area contributed by atoms with Crippen LogP contribution in [0.4, 0.5) is 13.6 Å². The maximum absolute atomic E-state index is 14.7. The van der Waals surface area contributed by atoms with Gasteiger partial charge in [-0.2, -0.15) is 0 Å². The van der Waals surface area contributed by atoms with Crippen LogP contribution in [-0.2, 0) is 11.3 Å². The third-order valence-corrected chi connectivity index (χ3v) is 5.14. The standard InChI is InChI=1S/C20H28F2N2O3/c1-19(2,3)27-18(25)24-12-15-10-23(11-16(13-24)20(15,21)22)9-14-5-7-17(26-4)8-6-14/h5-8,15-16H,9-13H2,1-4H3. The number of rotatable bonds is 3. The molecule has 2 fully saturated rings. The van der Waals surface area contributed by atoms with Crippen molar-refractivity contribution in [1.29, 1.82) is 0 Å². The highest BCUT2D eigenvalue weighted by molar-refractivity contribution is 5.68. The van der Waals surface area contributed by atoms with Crippen LogP contribution in [0.25, 0.3) is 0 Å². The number of amides is 1. The van der Waals surface area contributed by atoms with E-state index in [-0.39, 0.29) is 26.2 Å². The van der Waals surface area contributed by atoms with Crippen LogP contribution in [0.15, 0.2) is 24.3 Å². The van der Waals surface area contributed by atoms with Crippen LogP contribution in [0, 0.1) is 11.8 Å². The number of methoxy groups -OCH3 is 1. The Kier molecular flexibility index (Phi) is 5.34. The van der Waals surface area contributed by atoms with Gasteiger partial charge in [0.2, 0.25) is 0 Å². The Balaban J connectivity index is 1.66. The van der Waals surface area contributed by atoms with E-state index in [1.807, 2.05) is 24.3 Å². The minimum Gasteiger partial charge on any atom is -0.497 e. The number of halogens is 2. The fourth-order valence-corrected chi connectivity index (χ4v) is 3.83. The van der Waals surface area contributed by atoms with Crippen molar-refractivity contribution in [1.82, 2.24) is 9.80 Å². The summed E-state index contributed by atoms with van der Waals surface area (Å²) >= 11 is 0. The zero-order valence-corrected chi connectivity index (χ0v) is 16.4. The number of benzene rings is 1. The van der Waals surface area contributed by atoms with Gasteiger partial charge >= 0.3 is 6.09 Å². The van der Waals surface area contributed by atoms with E-state index in [1.54, 1.807) is 27.9 Å². The number of carbonyl (C=O) groups excluding carboxylic acids is 1. The van der Waals surface area contributed by atoms with E-state index in [0.29, 0.717) is 6.54 Å². The summed E-state index contributed by atoms with van der Waals surface area (Å²) in [5.74, 6) is -3.74. The summed E-state index contributed by atoms with van der Waals surface area (Å²) < 4.78 is 39.9. The zero-order valence-electron chi connectivity index (χ0n) is 16.4. The van der Waals surface area contributed by atoms with Crippen LogP contribution >= 0.6 is 0 Å². The molecular formula is C20H28F2N2O3. The van der Waals surface area contributed by atoms with Gasteiger partial charge in [0, 0.05) is 32.7 Å². The minimum absolute atomic E-state index is 0.0253. The first-order valence-corrected chi connectivity index (χ1v) is 9.29. The first kappa shape index (κ1) is 19.9. The maximum Gasteiger partial charge on any atom is 0.410 e. The number of ether oxygens (including phenoxy) is 2. The molecule has 7 heteroatoms. The van der Waals surface area contributed by atoms with Crippen LogP contribution in [0.3, 0.4) is 0 Å².